The standard InChI is InChI=1S/C14H16ClNO2/c1-3-10-5-12(8-15)11(6-13(10)9-16)7-14(17)18-4-2/h5-6H,3-4,7-8H2,1-2H3. The Bertz CT molecular complexity index is 477. The number of nitriles is 1. The number of hydrogen-bond acceptors (Lipinski definition) is 3. The van der Waals surface area contributed by atoms with E-state index in [1.165, 1.54) is 0 Å². The van der Waals surface area contributed by atoms with Crippen molar-refractivity contribution in [3.63, 3.8) is 0 Å². The number of rotatable bonds is 5. The second kappa shape index (κ2) is 7.03. The summed E-state index contributed by atoms with van der Waals surface area (Å²) in [4.78, 5) is 11.5. The molecule has 0 unspecified atom stereocenters. The van der Waals surface area contributed by atoms with Crippen molar-refractivity contribution in [2.45, 2.75) is 32.6 Å². The Morgan fingerprint density at radius 3 is 2.56 bits per heavy atom. The molecule has 0 heterocycles. The van der Waals surface area contributed by atoms with E-state index in [1.807, 2.05) is 13.0 Å². The van der Waals surface area contributed by atoms with Crippen LogP contribution in [0.25, 0.3) is 0 Å². The van der Waals surface area contributed by atoms with Gasteiger partial charge in [0.15, 0.2) is 0 Å². The molecule has 0 amide bonds. The zero-order valence-electron chi connectivity index (χ0n) is 10.6. The molecule has 0 bridgehead atoms. The molecule has 0 radical (unpaired) electrons. The predicted molar refractivity (Wildman–Crippen MR) is 70.4 cm³/mol. The summed E-state index contributed by atoms with van der Waals surface area (Å²) < 4.78 is 4.91. The first kappa shape index (κ1) is 14.5. The highest BCUT2D eigenvalue weighted by molar-refractivity contribution is 6.17. The molecular formula is C14H16ClNO2. The van der Waals surface area contributed by atoms with E-state index in [2.05, 4.69) is 6.07 Å². The molecule has 1 aromatic rings. The summed E-state index contributed by atoms with van der Waals surface area (Å²) in [6.07, 6.45) is 0.932. The van der Waals surface area contributed by atoms with Gasteiger partial charge in [-0.05, 0) is 36.1 Å². The molecule has 1 rings (SSSR count). The van der Waals surface area contributed by atoms with Crippen molar-refractivity contribution in [3.05, 3.63) is 34.4 Å². The highest BCUT2D eigenvalue weighted by Gasteiger charge is 2.12. The SMILES string of the molecule is CCOC(=O)Cc1cc(C#N)c(CC)cc1CCl. The van der Waals surface area contributed by atoms with Gasteiger partial charge in [0, 0.05) is 5.88 Å². The van der Waals surface area contributed by atoms with Crippen molar-refractivity contribution in [1.29, 1.82) is 5.26 Å². The van der Waals surface area contributed by atoms with Gasteiger partial charge in [-0.3, -0.25) is 4.79 Å². The average Bonchev–Trinajstić information content (AvgIpc) is 2.38. The second-order valence-corrected chi connectivity index (χ2v) is 4.13. The number of alkyl halides is 1. The molecule has 0 aliphatic rings. The average molecular weight is 266 g/mol. The largest absolute Gasteiger partial charge is 0.466 e. The van der Waals surface area contributed by atoms with Gasteiger partial charge in [-0.15, -0.1) is 11.6 Å². The maximum absolute atomic E-state index is 11.5. The normalized spacial score (nSPS) is 9.89. The number of esters is 1. The van der Waals surface area contributed by atoms with Gasteiger partial charge in [0.1, 0.15) is 0 Å². The zero-order valence-corrected chi connectivity index (χ0v) is 11.4. The molecule has 3 nitrogen and oxygen atoms in total. The lowest BCUT2D eigenvalue weighted by Crippen LogP contribution is -2.10. The maximum atomic E-state index is 11.5. The van der Waals surface area contributed by atoms with Crippen LogP contribution in [0.15, 0.2) is 12.1 Å². The van der Waals surface area contributed by atoms with Gasteiger partial charge in [0.05, 0.1) is 24.7 Å². The Morgan fingerprint density at radius 1 is 1.33 bits per heavy atom. The van der Waals surface area contributed by atoms with Gasteiger partial charge in [-0.2, -0.15) is 5.26 Å². The van der Waals surface area contributed by atoms with Crippen molar-refractivity contribution >= 4 is 17.6 Å². The Hall–Kier alpha value is -1.53. The third-order valence-electron chi connectivity index (χ3n) is 2.71. The molecule has 0 spiro atoms. The van der Waals surface area contributed by atoms with Crippen LogP contribution < -0.4 is 0 Å². The van der Waals surface area contributed by atoms with Crippen LogP contribution in [-0.2, 0) is 28.3 Å². The highest BCUT2D eigenvalue weighted by Crippen LogP contribution is 2.20. The van der Waals surface area contributed by atoms with Crippen LogP contribution in [0.5, 0.6) is 0 Å². The minimum atomic E-state index is -0.294. The number of nitrogens with zero attached hydrogens (tertiary/aromatic N) is 1. The van der Waals surface area contributed by atoms with E-state index >= 15 is 0 Å². The van der Waals surface area contributed by atoms with Crippen molar-refractivity contribution in [1.82, 2.24) is 0 Å². The number of hydrogen-bond donors (Lipinski definition) is 0. The number of carbonyl (C=O) groups is 1. The number of benzene rings is 1. The Labute approximate surface area is 112 Å². The van der Waals surface area contributed by atoms with E-state index in [1.54, 1.807) is 13.0 Å². The zero-order chi connectivity index (χ0) is 13.5. The van der Waals surface area contributed by atoms with Gasteiger partial charge >= 0.3 is 5.97 Å². The van der Waals surface area contributed by atoms with E-state index < -0.39 is 0 Å². The summed E-state index contributed by atoms with van der Waals surface area (Å²) in [6.45, 7) is 4.10. The van der Waals surface area contributed by atoms with Crippen molar-refractivity contribution in [2.75, 3.05) is 6.61 Å². The summed E-state index contributed by atoms with van der Waals surface area (Å²) in [5.74, 6) is 0.0324. The Morgan fingerprint density at radius 2 is 2.06 bits per heavy atom. The smallest absolute Gasteiger partial charge is 0.310 e. The van der Waals surface area contributed by atoms with Gasteiger partial charge in [-0.25, -0.2) is 0 Å². The van der Waals surface area contributed by atoms with E-state index in [0.29, 0.717) is 18.1 Å². The number of carbonyl (C=O) groups excluding carboxylic acids is 1. The third-order valence-corrected chi connectivity index (χ3v) is 3.00. The molecule has 4 heteroatoms. The fourth-order valence-electron chi connectivity index (χ4n) is 1.79. The fourth-order valence-corrected chi connectivity index (χ4v) is 2.04. The molecular weight excluding hydrogens is 250 g/mol. The third kappa shape index (κ3) is 3.48. The summed E-state index contributed by atoms with van der Waals surface area (Å²) >= 11 is 5.88. The van der Waals surface area contributed by atoms with Crippen LogP contribution in [0.1, 0.15) is 36.1 Å². The molecule has 0 saturated heterocycles. The Balaban J connectivity index is 3.10. The highest BCUT2D eigenvalue weighted by atomic mass is 35.5. The first-order chi connectivity index (χ1) is 8.65. The molecule has 0 aliphatic carbocycles. The molecule has 0 aliphatic heterocycles. The van der Waals surface area contributed by atoms with Crippen LogP contribution in [0.2, 0.25) is 0 Å². The molecule has 96 valence electrons. The predicted octanol–water partition coefficient (Wildman–Crippen LogP) is 2.97. The monoisotopic (exact) mass is 265 g/mol. The topological polar surface area (TPSA) is 50.1 Å². The number of ether oxygens (including phenoxy) is 1. The van der Waals surface area contributed by atoms with Crippen molar-refractivity contribution in [3.8, 4) is 6.07 Å². The van der Waals surface area contributed by atoms with Crippen LogP contribution >= 0.6 is 11.6 Å². The molecule has 0 N–H and O–H groups in total. The lowest BCUT2D eigenvalue weighted by Gasteiger charge is -2.10. The van der Waals surface area contributed by atoms with Crippen LogP contribution in [-0.4, -0.2) is 12.6 Å². The van der Waals surface area contributed by atoms with E-state index in [4.69, 9.17) is 21.6 Å². The minimum absolute atomic E-state index is 0.161. The van der Waals surface area contributed by atoms with E-state index in [9.17, 15) is 4.79 Å². The number of halogens is 1. The van der Waals surface area contributed by atoms with Gasteiger partial charge in [0.25, 0.3) is 0 Å². The molecule has 0 saturated carbocycles. The number of aryl methyl sites for hydroxylation is 1. The Kier molecular flexibility index (Phi) is 5.67. The quantitative estimate of drug-likeness (QED) is 0.607. The summed E-state index contributed by atoms with van der Waals surface area (Å²) in [7, 11) is 0. The minimum Gasteiger partial charge on any atom is -0.466 e. The lowest BCUT2D eigenvalue weighted by molar-refractivity contribution is -0.142. The first-order valence-corrected chi connectivity index (χ1v) is 6.46. The first-order valence-electron chi connectivity index (χ1n) is 5.92. The lowest BCUT2D eigenvalue weighted by atomic mass is 9.96. The van der Waals surface area contributed by atoms with Gasteiger partial charge in [-0.1, -0.05) is 13.0 Å². The van der Waals surface area contributed by atoms with E-state index in [0.717, 1.165) is 23.1 Å². The second-order valence-electron chi connectivity index (χ2n) is 3.86. The molecule has 0 aromatic heterocycles. The van der Waals surface area contributed by atoms with Crippen LogP contribution in [0.3, 0.4) is 0 Å². The fraction of sp³-hybridized carbons (Fsp3) is 0.429. The summed E-state index contributed by atoms with van der Waals surface area (Å²) in [5, 5.41) is 9.08. The maximum Gasteiger partial charge on any atom is 0.310 e. The van der Waals surface area contributed by atoms with Crippen molar-refractivity contribution in [2.24, 2.45) is 0 Å². The molecule has 0 atom stereocenters. The molecule has 0 fully saturated rings. The van der Waals surface area contributed by atoms with Crippen LogP contribution in [0, 0.1) is 11.3 Å². The van der Waals surface area contributed by atoms with Gasteiger partial charge in [0.2, 0.25) is 0 Å². The van der Waals surface area contributed by atoms with Crippen molar-refractivity contribution < 1.29 is 9.53 Å². The molecule has 18 heavy (non-hydrogen) atoms. The van der Waals surface area contributed by atoms with Gasteiger partial charge < -0.3 is 4.74 Å². The van der Waals surface area contributed by atoms with E-state index in [-0.39, 0.29) is 12.4 Å². The summed E-state index contributed by atoms with van der Waals surface area (Å²) in [5.41, 5.74) is 3.23. The molecule has 1 aromatic carbocycles. The summed E-state index contributed by atoms with van der Waals surface area (Å²) in [6, 6.07) is 5.79. The van der Waals surface area contributed by atoms with Crippen LogP contribution in [0.4, 0.5) is 0 Å².